The number of halogens is 3. The number of alkyl halides is 3. The number of nitrogens with zero attached hydrogens (tertiary/aromatic N) is 2. The lowest BCUT2D eigenvalue weighted by atomic mass is 9.87. The first-order valence-electron chi connectivity index (χ1n) is 13.5. The molecule has 3 N–H and O–H groups in total. The summed E-state index contributed by atoms with van der Waals surface area (Å²) in [6.45, 7) is 6.34. The number of amides is 2. The van der Waals surface area contributed by atoms with E-state index >= 15 is 0 Å². The van der Waals surface area contributed by atoms with Gasteiger partial charge in [-0.3, -0.25) is 19.5 Å². The van der Waals surface area contributed by atoms with Crippen LogP contribution in [0.25, 0.3) is 0 Å². The molecule has 4 rings (SSSR count). The molecule has 3 atom stereocenters. The standard InChI is InChI=1S/C29H37F3N4O3/c1-28(2,3)19-9-11-22(12-10-19)36(27(39)24-14-23(37)17-34-24)25(26(38)35-21-7-5-4-6-8-21)18-13-20(16-33-15-18)29(30,31)32/h9-13,15-16,21,23-25,34,37H,4-8,14,17H2,1-3H3,(H,35,38)/t23-,24-,25?/m1/s1. The Morgan fingerprint density at radius 2 is 1.72 bits per heavy atom. The summed E-state index contributed by atoms with van der Waals surface area (Å²) in [5, 5.41) is 16.1. The van der Waals surface area contributed by atoms with Crippen molar-refractivity contribution in [3.05, 3.63) is 59.4 Å². The van der Waals surface area contributed by atoms with Crippen molar-refractivity contribution in [2.24, 2.45) is 0 Å². The van der Waals surface area contributed by atoms with Gasteiger partial charge >= 0.3 is 6.18 Å². The largest absolute Gasteiger partial charge is 0.417 e. The molecule has 10 heteroatoms. The Hall–Kier alpha value is -2.98. The quantitative estimate of drug-likeness (QED) is 0.491. The average Bonchev–Trinajstić information content (AvgIpc) is 3.33. The van der Waals surface area contributed by atoms with Crippen molar-refractivity contribution in [2.75, 3.05) is 11.4 Å². The monoisotopic (exact) mass is 546 g/mol. The molecular formula is C29H37F3N4O3. The summed E-state index contributed by atoms with van der Waals surface area (Å²) in [4.78, 5) is 33.0. The molecule has 2 heterocycles. The second-order valence-electron chi connectivity index (χ2n) is 11.6. The van der Waals surface area contributed by atoms with Gasteiger partial charge in [0, 0.05) is 36.2 Å². The van der Waals surface area contributed by atoms with E-state index in [1.165, 1.54) is 11.1 Å². The highest BCUT2D eigenvalue weighted by Gasteiger charge is 2.41. The van der Waals surface area contributed by atoms with Crippen LogP contribution in [0.4, 0.5) is 18.9 Å². The second-order valence-corrected chi connectivity index (χ2v) is 11.6. The fourth-order valence-corrected chi connectivity index (χ4v) is 5.31. The number of hydrogen-bond donors (Lipinski definition) is 3. The number of hydrogen-bond acceptors (Lipinski definition) is 5. The molecule has 1 unspecified atom stereocenters. The van der Waals surface area contributed by atoms with E-state index < -0.39 is 41.7 Å². The third kappa shape index (κ3) is 6.97. The Labute approximate surface area is 227 Å². The molecule has 212 valence electrons. The summed E-state index contributed by atoms with van der Waals surface area (Å²) < 4.78 is 41.0. The number of aromatic nitrogens is 1. The first-order valence-corrected chi connectivity index (χ1v) is 13.5. The van der Waals surface area contributed by atoms with E-state index in [0.29, 0.717) is 11.9 Å². The van der Waals surface area contributed by atoms with Crippen LogP contribution < -0.4 is 15.5 Å². The minimum absolute atomic E-state index is 0.0371. The molecule has 39 heavy (non-hydrogen) atoms. The third-order valence-corrected chi connectivity index (χ3v) is 7.52. The summed E-state index contributed by atoms with van der Waals surface area (Å²) >= 11 is 0. The van der Waals surface area contributed by atoms with Crippen LogP contribution in [0.2, 0.25) is 0 Å². The molecule has 1 saturated carbocycles. The zero-order valence-electron chi connectivity index (χ0n) is 22.6. The number of carbonyl (C=O) groups is 2. The molecule has 1 saturated heterocycles. The Morgan fingerprint density at radius 3 is 2.28 bits per heavy atom. The highest BCUT2D eigenvalue weighted by molar-refractivity contribution is 6.04. The lowest BCUT2D eigenvalue weighted by molar-refractivity contribution is -0.138. The number of pyridine rings is 1. The van der Waals surface area contributed by atoms with Crippen LogP contribution in [0, 0.1) is 0 Å². The summed E-state index contributed by atoms with van der Waals surface area (Å²) in [5.74, 6) is -1.06. The van der Waals surface area contributed by atoms with Crippen molar-refractivity contribution in [1.82, 2.24) is 15.6 Å². The van der Waals surface area contributed by atoms with Crippen LogP contribution in [0.3, 0.4) is 0 Å². The molecule has 2 aromatic rings. The maximum Gasteiger partial charge on any atom is 0.417 e. The smallest absolute Gasteiger partial charge is 0.392 e. The molecule has 1 aliphatic carbocycles. The molecule has 0 radical (unpaired) electrons. The molecule has 2 amide bonds. The van der Waals surface area contributed by atoms with Gasteiger partial charge in [-0.1, -0.05) is 52.2 Å². The number of aliphatic hydroxyl groups excluding tert-OH is 1. The number of β-amino-alcohol motifs (C(OH)–C–C–N with tert-alkyl or cyclic N) is 1. The Morgan fingerprint density at radius 1 is 1.05 bits per heavy atom. The number of benzene rings is 1. The van der Waals surface area contributed by atoms with E-state index in [1.54, 1.807) is 12.1 Å². The van der Waals surface area contributed by atoms with Crippen LogP contribution in [0.1, 0.15) is 82.0 Å². The van der Waals surface area contributed by atoms with Crippen LogP contribution in [0.15, 0.2) is 42.7 Å². The zero-order valence-corrected chi connectivity index (χ0v) is 22.6. The summed E-state index contributed by atoms with van der Waals surface area (Å²) in [7, 11) is 0. The first-order chi connectivity index (χ1) is 18.3. The molecular weight excluding hydrogens is 509 g/mol. The van der Waals surface area contributed by atoms with Crippen LogP contribution in [-0.4, -0.2) is 46.6 Å². The van der Waals surface area contributed by atoms with Crippen molar-refractivity contribution in [2.45, 2.75) is 95.1 Å². The van der Waals surface area contributed by atoms with E-state index in [4.69, 9.17) is 0 Å². The normalized spacial score (nSPS) is 21.4. The maximum atomic E-state index is 14.0. The molecule has 0 spiro atoms. The number of rotatable bonds is 6. The minimum atomic E-state index is -4.67. The summed E-state index contributed by atoms with van der Waals surface area (Å²) in [6.07, 6.45) is 1.12. The Kier molecular flexibility index (Phi) is 8.66. The SMILES string of the molecule is CC(C)(C)c1ccc(N(C(=O)[C@H]2C[C@@H](O)CN2)C(C(=O)NC2CCCCC2)c2cncc(C(F)(F)F)c2)cc1. The van der Waals surface area contributed by atoms with Gasteiger partial charge in [-0.15, -0.1) is 0 Å². The molecule has 1 aromatic carbocycles. The van der Waals surface area contributed by atoms with E-state index in [-0.39, 0.29) is 30.0 Å². The van der Waals surface area contributed by atoms with Crippen LogP contribution in [-0.2, 0) is 21.2 Å². The van der Waals surface area contributed by atoms with Crippen LogP contribution >= 0.6 is 0 Å². The van der Waals surface area contributed by atoms with Gasteiger partial charge in [0.05, 0.1) is 17.7 Å². The highest BCUT2D eigenvalue weighted by Crippen LogP contribution is 2.35. The second kappa shape index (κ2) is 11.6. The summed E-state index contributed by atoms with van der Waals surface area (Å²) in [6, 6.07) is 5.70. The van der Waals surface area contributed by atoms with E-state index in [2.05, 4.69) is 15.6 Å². The lowest BCUT2D eigenvalue weighted by Gasteiger charge is -2.35. The number of carbonyl (C=O) groups excluding carboxylic acids is 2. The van der Waals surface area contributed by atoms with E-state index in [0.717, 1.165) is 43.7 Å². The molecule has 2 fully saturated rings. The topological polar surface area (TPSA) is 94.6 Å². The fraction of sp³-hybridized carbons (Fsp3) is 0.552. The van der Waals surface area contributed by atoms with Crippen molar-refractivity contribution < 1.29 is 27.9 Å². The zero-order chi connectivity index (χ0) is 28.4. The van der Waals surface area contributed by atoms with Crippen molar-refractivity contribution in [3.8, 4) is 0 Å². The van der Waals surface area contributed by atoms with Crippen molar-refractivity contribution in [1.29, 1.82) is 0 Å². The molecule has 1 aliphatic heterocycles. The van der Waals surface area contributed by atoms with Gasteiger partial charge in [0.2, 0.25) is 11.8 Å². The number of aliphatic hydroxyl groups is 1. The fourth-order valence-electron chi connectivity index (χ4n) is 5.31. The lowest BCUT2D eigenvalue weighted by Crippen LogP contribution is -2.51. The molecule has 0 bridgehead atoms. The Bertz CT molecular complexity index is 1160. The molecule has 1 aromatic heterocycles. The van der Waals surface area contributed by atoms with Gasteiger partial charge in [-0.25, -0.2) is 0 Å². The van der Waals surface area contributed by atoms with Crippen molar-refractivity contribution >= 4 is 17.5 Å². The Balaban J connectivity index is 1.82. The first kappa shape index (κ1) is 29.0. The van der Waals surface area contributed by atoms with Gasteiger partial charge < -0.3 is 15.7 Å². The van der Waals surface area contributed by atoms with Gasteiger partial charge in [-0.2, -0.15) is 13.2 Å². The van der Waals surface area contributed by atoms with Crippen molar-refractivity contribution in [3.63, 3.8) is 0 Å². The molecule has 7 nitrogen and oxygen atoms in total. The molecule has 2 aliphatic rings. The predicted molar refractivity (Wildman–Crippen MR) is 142 cm³/mol. The van der Waals surface area contributed by atoms with E-state index in [9.17, 15) is 27.9 Å². The highest BCUT2D eigenvalue weighted by atomic mass is 19.4. The third-order valence-electron chi connectivity index (χ3n) is 7.52. The predicted octanol–water partition coefficient (Wildman–Crippen LogP) is 4.64. The number of nitrogens with one attached hydrogen (secondary N) is 2. The number of anilines is 1. The van der Waals surface area contributed by atoms with Gasteiger partial charge in [-0.05, 0) is 48.4 Å². The summed E-state index contributed by atoms with van der Waals surface area (Å²) in [5.41, 5.74) is 0.160. The van der Waals surface area contributed by atoms with E-state index in [1.807, 2.05) is 32.9 Å². The minimum Gasteiger partial charge on any atom is -0.392 e. The van der Waals surface area contributed by atoms with Gasteiger partial charge in [0.25, 0.3) is 0 Å². The van der Waals surface area contributed by atoms with Gasteiger partial charge in [0.1, 0.15) is 6.04 Å². The maximum absolute atomic E-state index is 14.0. The van der Waals surface area contributed by atoms with Gasteiger partial charge in [0.15, 0.2) is 0 Å². The average molecular weight is 547 g/mol. The van der Waals surface area contributed by atoms with Crippen LogP contribution in [0.5, 0.6) is 0 Å².